The maximum atomic E-state index is 13.7. The van der Waals surface area contributed by atoms with Gasteiger partial charge in [-0.15, -0.1) is 5.10 Å². The number of aromatic nitrogens is 6. The van der Waals surface area contributed by atoms with Gasteiger partial charge in [-0.2, -0.15) is 4.98 Å². The molecular weight excluding hydrogens is 373 g/mol. The predicted octanol–water partition coefficient (Wildman–Crippen LogP) is 2.05. The van der Waals surface area contributed by atoms with Crippen LogP contribution in [0.2, 0.25) is 0 Å². The van der Waals surface area contributed by atoms with Crippen molar-refractivity contribution in [2.24, 2.45) is 0 Å². The SMILES string of the molecule is Nc1nn2c3c1c(=O)nc(CCCn1ccnc1)n3CC=C2c1cccc(F)c1. The van der Waals surface area contributed by atoms with Gasteiger partial charge < -0.3 is 14.9 Å². The molecule has 2 N–H and O–H groups in total. The van der Waals surface area contributed by atoms with Gasteiger partial charge in [0.1, 0.15) is 17.0 Å². The van der Waals surface area contributed by atoms with Crippen LogP contribution in [0.15, 0.2) is 53.9 Å². The van der Waals surface area contributed by atoms with Crippen molar-refractivity contribution in [3.63, 3.8) is 0 Å². The normalized spacial score (nSPS) is 13.1. The van der Waals surface area contributed by atoms with Crippen molar-refractivity contribution in [1.29, 1.82) is 0 Å². The second-order valence-electron chi connectivity index (χ2n) is 6.94. The maximum Gasteiger partial charge on any atom is 0.286 e. The molecule has 0 saturated carbocycles. The number of imidazole rings is 1. The molecule has 1 aliphatic heterocycles. The van der Waals surface area contributed by atoms with Crippen LogP contribution in [0.1, 0.15) is 17.8 Å². The summed E-state index contributed by atoms with van der Waals surface area (Å²) in [7, 11) is 0. The van der Waals surface area contributed by atoms with Crippen LogP contribution in [0.3, 0.4) is 0 Å². The minimum absolute atomic E-state index is 0.125. The van der Waals surface area contributed by atoms with Gasteiger partial charge in [0.2, 0.25) is 0 Å². The molecule has 1 aromatic carbocycles. The molecule has 29 heavy (non-hydrogen) atoms. The third-order valence-corrected chi connectivity index (χ3v) is 5.09. The molecule has 0 saturated heterocycles. The Morgan fingerprint density at radius 1 is 1.28 bits per heavy atom. The smallest absolute Gasteiger partial charge is 0.286 e. The molecule has 0 fully saturated rings. The Morgan fingerprint density at radius 2 is 2.17 bits per heavy atom. The van der Waals surface area contributed by atoms with Crippen LogP contribution < -0.4 is 11.3 Å². The van der Waals surface area contributed by atoms with Crippen molar-refractivity contribution in [3.8, 4) is 0 Å². The Bertz CT molecular complexity index is 1300. The van der Waals surface area contributed by atoms with E-state index < -0.39 is 5.56 Å². The monoisotopic (exact) mass is 391 g/mol. The number of rotatable bonds is 5. The van der Waals surface area contributed by atoms with Gasteiger partial charge in [0.05, 0.1) is 12.0 Å². The van der Waals surface area contributed by atoms with E-state index in [-0.39, 0.29) is 11.6 Å². The lowest BCUT2D eigenvalue weighted by Gasteiger charge is -2.20. The summed E-state index contributed by atoms with van der Waals surface area (Å²) in [5, 5.41) is 4.66. The van der Waals surface area contributed by atoms with Crippen molar-refractivity contribution in [2.45, 2.75) is 25.9 Å². The number of aryl methyl sites for hydroxylation is 2. The zero-order chi connectivity index (χ0) is 20.0. The molecule has 4 aromatic rings. The average Bonchev–Trinajstić information content (AvgIpc) is 3.33. The highest BCUT2D eigenvalue weighted by atomic mass is 19.1. The van der Waals surface area contributed by atoms with E-state index in [1.165, 1.54) is 12.1 Å². The van der Waals surface area contributed by atoms with Crippen LogP contribution in [0, 0.1) is 5.82 Å². The van der Waals surface area contributed by atoms with Crippen LogP contribution in [-0.4, -0.2) is 28.9 Å². The van der Waals surface area contributed by atoms with E-state index in [2.05, 4.69) is 15.1 Å². The van der Waals surface area contributed by atoms with Crippen LogP contribution in [-0.2, 0) is 19.5 Å². The van der Waals surface area contributed by atoms with Crippen molar-refractivity contribution >= 4 is 22.5 Å². The molecule has 0 unspecified atom stereocenters. The Labute approximate surface area is 164 Å². The van der Waals surface area contributed by atoms with Crippen molar-refractivity contribution in [1.82, 2.24) is 28.9 Å². The van der Waals surface area contributed by atoms with Crippen molar-refractivity contribution in [3.05, 3.63) is 76.6 Å². The van der Waals surface area contributed by atoms with Crippen LogP contribution in [0.5, 0.6) is 0 Å². The molecule has 146 valence electrons. The number of halogens is 1. The van der Waals surface area contributed by atoms with Gasteiger partial charge in [-0.3, -0.25) is 4.79 Å². The molecule has 4 heterocycles. The van der Waals surface area contributed by atoms with E-state index in [1.807, 2.05) is 21.4 Å². The fourth-order valence-corrected chi connectivity index (χ4v) is 3.78. The lowest BCUT2D eigenvalue weighted by atomic mass is 10.1. The third-order valence-electron chi connectivity index (χ3n) is 5.09. The zero-order valence-corrected chi connectivity index (χ0v) is 15.5. The lowest BCUT2D eigenvalue weighted by Crippen LogP contribution is -2.23. The molecule has 0 spiro atoms. The highest BCUT2D eigenvalue weighted by Crippen LogP contribution is 2.29. The van der Waals surface area contributed by atoms with Crippen LogP contribution >= 0.6 is 0 Å². The summed E-state index contributed by atoms with van der Waals surface area (Å²) >= 11 is 0. The molecule has 3 aromatic heterocycles. The standard InChI is InChI=1S/C20H18FN7O/c21-14-4-1-3-13(11-14)15-6-9-27-16(5-2-8-26-10-7-23-12-26)24-19(29)17-18(22)25-28(15)20(17)27/h1,3-4,6-7,10-12H,2,5,8-9H2,(H2,22,25). The number of nitrogens with two attached hydrogens (primary N) is 1. The van der Waals surface area contributed by atoms with Crippen LogP contribution in [0.4, 0.5) is 10.2 Å². The first-order chi connectivity index (χ1) is 14.1. The molecule has 0 aliphatic carbocycles. The first-order valence-electron chi connectivity index (χ1n) is 9.32. The van der Waals surface area contributed by atoms with Gasteiger partial charge in [0.25, 0.3) is 5.56 Å². The van der Waals surface area contributed by atoms with E-state index in [0.717, 1.165) is 13.0 Å². The fraction of sp³-hybridized carbons (Fsp3) is 0.200. The fourth-order valence-electron chi connectivity index (χ4n) is 3.78. The molecule has 5 rings (SSSR count). The topological polar surface area (TPSA) is 96.5 Å². The first-order valence-corrected chi connectivity index (χ1v) is 9.32. The Balaban J connectivity index is 1.57. The second-order valence-corrected chi connectivity index (χ2v) is 6.94. The molecule has 0 radical (unpaired) electrons. The number of allylic oxidation sites excluding steroid dienone is 1. The molecule has 1 aliphatic rings. The number of anilines is 1. The summed E-state index contributed by atoms with van der Waals surface area (Å²) in [4.78, 5) is 21.0. The minimum atomic E-state index is -0.391. The number of nitrogens with zero attached hydrogens (tertiary/aromatic N) is 6. The quantitative estimate of drug-likeness (QED) is 0.562. The number of hydrogen-bond donors (Lipinski definition) is 1. The van der Waals surface area contributed by atoms with E-state index in [9.17, 15) is 9.18 Å². The summed E-state index contributed by atoms with van der Waals surface area (Å²) in [6.45, 7) is 1.28. The van der Waals surface area contributed by atoms with E-state index >= 15 is 0 Å². The van der Waals surface area contributed by atoms with Gasteiger partial charge in [-0.25, -0.2) is 14.1 Å². The van der Waals surface area contributed by atoms with Gasteiger partial charge in [0.15, 0.2) is 11.5 Å². The highest BCUT2D eigenvalue weighted by molar-refractivity contribution is 5.90. The highest BCUT2D eigenvalue weighted by Gasteiger charge is 2.24. The van der Waals surface area contributed by atoms with Gasteiger partial charge in [0, 0.05) is 37.5 Å². The second kappa shape index (κ2) is 6.69. The Kier molecular flexibility index (Phi) is 4.01. The average molecular weight is 391 g/mol. The number of nitrogen functional groups attached to an aromatic ring is 1. The van der Waals surface area contributed by atoms with Gasteiger partial charge in [-0.05, 0) is 24.6 Å². The van der Waals surface area contributed by atoms with E-state index in [1.54, 1.807) is 29.3 Å². The van der Waals surface area contributed by atoms with Crippen molar-refractivity contribution < 1.29 is 4.39 Å². The number of benzene rings is 1. The van der Waals surface area contributed by atoms with Gasteiger partial charge >= 0.3 is 0 Å². The molecule has 9 heteroatoms. The Hall–Kier alpha value is -3.75. The maximum absolute atomic E-state index is 13.7. The third kappa shape index (κ3) is 2.91. The predicted molar refractivity (Wildman–Crippen MR) is 107 cm³/mol. The summed E-state index contributed by atoms with van der Waals surface area (Å²) in [5.41, 5.74) is 7.61. The van der Waals surface area contributed by atoms with Crippen LogP contribution in [0.25, 0.3) is 16.7 Å². The molecule has 0 bridgehead atoms. The molecular formula is C20H18FN7O. The molecule has 0 atom stereocenters. The summed E-state index contributed by atoms with van der Waals surface area (Å²) in [6.07, 6.45) is 8.76. The van der Waals surface area contributed by atoms with Crippen molar-refractivity contribution in [2.75, 3.05) is 5.73 Å². The minimum Gasteiger partial charge on any atom is -0.381 e. The number of hydrogen-bond acceptors (Lipinski definition) is 5. The largest absolute Gasteiger partial charge is 0.381 e. The summed E-state index contributed by atoms with van der Waals surface area (Å²) < 4.78 is 19.3. The van der Waals surface area contributed by atoms with E-state index in [4.69, 9.17) is 5.73 Å². The lowest BCUT2D eigenvalue weighted by molar-refractivity contribution is 0.599. The summed E-state index contributed by atoms with van der Waals surface area (Å²) in [5.74, 6) is 0.469. The first kappa shape index (κ1) is 17.4. The zero-order valence-electron chi connectivity index (χ0n) is 15.5. The summed E-state index contributed by atoms with van der Waals surface area (Å²) in [6, 6.07) is 6.28. The van der Waals surface area contributed by atoms with E-state index in [0.29, 0.717) is 41.1 Å². The molecule has 8 nitrogen and oxygen atoms in total. The Morgan fingerprint density at radius 3 is 2.97 bits per heavy atom. The van der Waals surface area contributed by atoms with Gasteiger partial charge in [-0.1, -0.05) is 12.1 Å². The molecule has 0 amide bonds.